The average molecular weight is 418 g/mol. The summed E-state index contributed by atoms with van der Waals surface area (Å²) in [5.41, 5.74) is 4.65. The average Bonchev–Trinajstić information content (AvgIpc) is 2.79. The van der Waals surface area contributed by atoms with Gasteiger partial charge in [0.1, 0.15) is 6.54 Å². The number of ketones is 1. The first-order valence-corrected chi connectivity index (χ1v) is 8.15. The van der Waals surface area contributed by atoms with Gasteiger partial charge >= 0.3 is 11.7 Å². The predicted octanol–water partition coefficient (Wildman–Crippen LogP) is 2.22. The van der Waals surface area contributed by atoms with Gasteiger partial charge in [0.05, 0.1) is 12.3 Å². The second kappa shape index (κ2) is 9.39. The molecule has 0 saturated carbocycles. The Hall–Kier alpha value is -1.33. The van der Waals surface area contributed by atoms with Crippen LogP contribution in [0.3, 0.4) is 0 Å². The molecule has 0 aliphatic rings. The van der Waals surface area contributed by atoms with E-state index in [9.17, 15) is 9.59 Å². The van der Waals surface area contributed by atoms with E-state index in [0.29, 0.717) is 18.7 Å². The van der Waals surface area contributed by atoms with Crippen LogP contribution < -0.4 is 4.68 Å². The molecule has 0 atom stereocenters. The predicted molar refractivity (Wildman–Crippen MR) is 90.9 cm³/mol. The monoisotopic (exact) mass is 418 g/mol. The molecule has 1 aromatic heterocycles. The summed E-state index contributed by atoms with van der Waals surface area (Å²) in [6.45, 7) is 8.26. The summed E-state index contributed by atoms with van der Waals surface area (Å²) in [5.74, 6) is -0.263. The number of hydrogen-bond donors (Lipinski definition) is 0. The van der Waals surface area contributed by atoms with Crippen molar-refractivity contribution in [1.29, 1.82) is 0 Å². The van der Waals surface area contributed by atoms with Crippen molar-refractivity contribution in [1.82, 2.24) is 4.68 Å². The van der Waals surface area contributed by atoms with Gasteiger partial charge in [-0.25, -0.2) is 4.79 Å². The van der Waals surface area contributed by atoms with Crippen molar-refractivity contribution in [3.05, 3.63) is 52.3 Å². The molecule has 0 spiro atoms. The number of Topliss-reactive ketones (excluding diaryl/α,β-unsaturated/α-hetero) is 1. The van der Waals surface area contributed by atoms with Crippen molar-refractivity contribution in [2.45, 2.75) is 40.7 Å². The molecular formula is C19H25N2O3Y+. The zero-order chi connectivity index (χ0) is 17.9. The minimum atomic E-state index is -0.371. The fourth-order valence-electron chi connectivity index (χ4n) is 2.91. The summed E-state index contributed by atoms with van der Waals surface area (Å²) >= 11 is 0. The molecule has 6 heteroatoms. The Morgan fingerprint density at radius 2 is 1.76 bits per heavy atom. The van der Waals surface area contributed by atoms with E-state index in [0.717, 1.165) is 22.4 Å². The molecule has 5 nitrogen and oxygen atoms in total. The van der Waals surface area contributed by atoms with Crippen molar-refractivity contribution in [3.8, 4) is 0 Å². The van der Waals surface area contributed by atoms with E-state index in [1.807, 2.05) is 43.7 Å². The second-order valence-electron chi connectivity index (χ2n) is 6.06. The summed E-state index contributed by atoms with van der Waals surface area (Å²) in [6, 6.07) is 7.80. The quantitative estimate of drug-likeness (QED) is 0.534. The van der Waals surface area contributed by atoms with Crippen molar-refractivity contribution in [2.24, 2.45) is 7.05 Å². The van der Waals surface area contributed by atoms with Crippen LogP contribution in [0, 0.1) is 20.8 Å². The van der Waals surface area contributed by atoms with Crippen LogP contribution in [0.1, 0.15) is 39.8 Å². The van der Waals surface area contributed by atoms with Crippen LogP contribution in [0.4, 0.5) is 0 Å². The second-order valence-corrected chi connectivity index (χ2v) is 6.06. The number of ether oxygens (including phenoxy) is 1. The van der Waals surface area contributed by atoms with Gasteiger partial charge in [0.15, 0.2) is 12.8 Å². The Kier molecular flexibility index (Phi) is 8.16. The van der Waals surface area contributed by atoms with E-state index in [1.54, 1.807) is 24.7 Å². The topological polar surface area (TPSA) is 52.2 Å². The summed E-state index contributed by atoms with van der Waals surface area (Å²) in [7, 11) is 1.77. The fourth-order valence-corrected chi connectivity index (χ4v) is 2.91. The fraction of sp³-hybridized carbons (Fsp3) is 0.421. The first kappa shape index (κ1) is 21.7. The Balaban J connectivity index is 0.00000312. The molecule has 2 aromatic rings. The third kappa shape index (κ3) is 5.08. The Morgan fingerprint density at radius 3 is 2.32 bits per heavy atom. The standard InChI is InChI=1S/C19H25N2O3.Y/c1-6-24-19(23)18-10-15(4)21(20(18)5)12-16(22)11-17-13(2)8-7-9-14(17)3;/h7-10H,6,11-12H2,1-5H3;/q+1;. The van der Waals surface area contributed by atoms with E-state index < -0.39 is 0 Å². The molecule has 2 rings (SSSR count). The molecule has 0 aliphatic carbocycles. The van der Waals surface area contributed by atoms with Crippen molar-refractivity contribution >= 4 is 11.8 Å². The van der Waals surface area contributed by atoms with Gasteiger partial charge < -0.3 is 4.74 Å². The first-order valence-electron chi connectivity index (χ1n) is 8.15. The molecule has 0 N–H and O–H groups in total. The van der Waals surface area contributed by atoms with E-state index in [2.05, 4.69) is 0 Å². The van der Waals surface area contributed by atoms with Crippen molar-refractivity contribution < 1.29 is 51.7 Å². The van der Waals surface area contributed by atoms with E-state index >= 15 is 0 Å². The maximum absolute atomic E-state index is 12.5. The molecule has 0 fully saturated rings. The number of carbonyl (C=O) groups excluding carboxylic acids is 2. The smallest absolute Gasteiger partial charge is 0.406 e. The molecule has 1 aromatic carbocycles. The third-order valence-electron chi connectivity index (χ3n) is 4.29. The van der Waals surface area contributed by atoms with Gasteiger partial charge in [-0.2, -0.15) is 4.68 Å². The Bertz CT molecular complexity index is 761. The zero-order valence-electron chi connectivity index (χ0n) is 15.6. The summed E-state index contributed by atoms with van der Waals surface area (Å²) in [4.78, 5) is 24.5. The Morgan fingerprint density at radius 1 is 1.16 bits per heavy atom. The molecule has 25 heavy (non-hydrogen) atoms. The largest absolute Gasteiger partial charge is 0.458 e. The van der Waals surface area contributed by atoms with Crippen molar-refractivity contribution in [2.75, 3.05) is 6.61 Å². The van der Waals surface area contributed by atoms with E-state index in [-0.39, 0.29) is 51.0 Å². The third-order valence-corrected chi connectivity index (χ3v) is 4.29. The van der Waals surface area contributed by atoms with Crippen LogP contribution in [-0.2, 0) is 62.3 Å². The SMILES string of the molecule is CCOC(=O)c1cc(C)n(CC(=O)Cc2c(C)cccc2C)[n+]1C.[Y]. The molecule has 0 amide bonds. The van der Waals surface area contributed by atoms with Crippen LogP contribution in [-0.4, -0.2) is 23.0 Å². The summed E-state index contributed by atoms with van der Waals surface area (Å²) in [6.07, 6.45) is 0.394. The number of aryl methyl sites for hydroxylation is 3. The van der Waals surface area contributed by atoms with Crippen LogP contribution in [0.5, 0.6) is 0 Å². The number of benzene rings is 1. The van der Waals surface area contributed by atoms with Gasteiger partial charge in [-0.15, -0.1) is 4.68 Å². The number of nitrogens with zero attached hydrogens (tertiary/aromatic N) is 2. The van der Waals surface area contributed by atoms with E-state index in [1.165, 1.54) is 0 Å². The molecule has 0 aliphatic heterocycles. The molecular weight excluding hydrogens is 393 g/mol. The first-order chi connectivity index (χ1) is 11.3. The maximum Gasteiger partial charge on any atom is 0.406 e. The summed E-state index contributed by atoms with van der Waals surface area (Å²) < 4.78 is 8.55. The molecule has 0 bridgehead atoms. The van der Waals surface area contributed by atoms with Gasteiger partial charge in [-0.3, -0.25) is 4.79 Å². The van der Waals surface area contributed by atoms with Gasteiger partial charge in [0.2, 0.25) is 0 Å². The Labute approximate surface area is 174 Å². The maximum atomic E-state index is 12.5. The zero-order valence-corrected chi connectivity index (χ0v) is 18.5. The van der Waals surface area contributed by atoms with Crippen LogP contribution >= 0.6 is 0 Å². The van der Waals surface area contributed by atoms with Crippen LogP contribution in [0.2, 0.25) is 0 Å². The molecule has 1 radical (unpaired) electrons. The number of carbonyl (C=O) groups is 2. The van der Waals surface area contributed by atoms with Crippen molar-refractivity contribution in [3.63, 3.8) is 0 Å². The normalized spacial score (nSPS) is 10.3. The van der Waals surface area contributed by atoms with Gasteiger partial charge in [0, 0.05) is 45.2 Å². The van der Waals surface area contributed by atoms with Gasteiger partial charge in [0.25, 0.3) is 0 Å². The van der Waals surface area contributed by atoms with Gasteiger partial charge in [-0.05, 0) is 44.4 Å². The van der Waals surface area contributed by atoms with Crippen LogP contribution in [0.15, 0.2) is 24.3 Å². The minimum Gasteiger partial charge on any atom is -0.458 e. The van der Waals surface area contributed by atoms with Crippen LogP contribution in [0.25, 0.3) is 0 Å². The number of esters is 1. The molecule has 0 unspecified atom stereocenters. The molecule has 131 valence electrons. The minimum absolute atomic E-state index is 0. The van der Waals surface area contributed by atoms with E-state index in [4.69, 9.17) is 4.74 Å². The number of rotatable bonds is 6. The number of aromatic nitrogens is 2. The molecule has 0 saturated heterocycles. The molecule has 1 heterocycles. The summed E-state index contributed by atoms with van der Waals surface area (Å²) in [5, 5.41) is 0. The number of hydrogen-bond acceptors (Lipinski definition) is 3. The van der Waals surface area contributed by atoms with Gasteiger partial charge in [-0.1, -0.05) is 18.2 Å².